The van der Waals surface area contributed by atoms with Gasteiger partial charge in [0.15, 0.2) is 0 Å². The molecular formula is C16H26IN. The van der Waals surface area contributed by atoms with E-state index in [4.69, 9.17) is 0 Å². The molecule has 0 amide bonds. The van der Waals surface area contributed by atoms with Gasteiger partial charge in [-0.1, -0.05) is 58.1 Å². The molecule has 0 saturated carbocycles. The highest BCUT2D eigenvalue weighted by atomic mass is 127. The van der Waals surface area contributed by atoms with E-state index in [-0.39, 0.29) is 0 Å². The lowest BCUT2D eigenvalue weighted by Gasteiger charge is -2.18. The molecule has 102 valence electrons. The van der Waals surface area contributed by atoms with Gasteiger partial charge in [0.25, 0.3) is 0 Å². The lowest BCUT2D eigenvalue weighted by Crippen LogP contribution is -2.20. The van der Waals surface area contributed by atoms with Gasteiger partial charge in [0.2, 0.25) is 0 Å². The van der Waals surface area contributed by atoms with Gasteiger partial charge < -0.3 is 5.32 Å². The highest BCUT2D eigenvalue weighted by molar-refractivity contribution is 14.1. The summed E-state index contributed by atoms with van der Waals surface area (Å²) in [7, 11) is 0. The van der Waals surface area contributed by atoms with E-state index in [0.717, 1.165) is 6.54 Å². The highest BCUT2D eigenvalue weighted by Gasteiger charge is 2.09. The molecule has 0 aliphatic heterocycles. The first-order chi connectivity index (χ1) is 8.77. The average Bonchev–Trinajstić information content (AvgIpc) is 2.38. The standard InChI is InChI=1S/C16H26IN/c1-3-5-6-7-8-9-16(18-4-2)14-10-12-15(17)13-11-14/h10-13,16,18H,3-9H2,1-2H3. The molecule has 0 aromatic heterocycles. The van der Waals surface area contributed by atoms with Crippen molar-refractivity contribution in [1.29, 1.82) is 0 Å². The van der Waals surface area contributed by atoms with Crippen LogP contribution < -0.4 is 5.32 Å². The lowest BCUT2D eigenvalue weighted by atomic mass is 10.00. The third-order valence-corrected chi connectivity index (χ3v) is 4.04. The minimum Gasteiger partial charge on any atom is -0.310 e. The average molecular weight is 359 g/mol. The van der Waals surface area contributed by atoms with E-state index >= 15 is 0 Å². The van der Waals surface area contributed by atoms with Crippen LogP contribution in [0.1, 0.15) is 64.0 Å². The van der Waals surface area contributed by atoms with Gasteiger partial charge in [-0.15, -0.1) is 0 Å². The molecule has 1 aromatic rings. The molecule has 0 saturated heterocycles. The second kappa shape index (κ2) is 9.79. The molecule has 18 heavy (non-hydrogen) atoms. The van der Waals surface area contributed by atoms with Gasteiger partial charge in [0.05, 0.1) is 0 Å². The Labute approximate surface area is 126 Å². The Balaban J connectivity index is 2.41. The first-order valence-electron chi connectivity index (χ1n) is 7.26. The minimum absolute atomic E-state index is 0.536. The number of benzene rings is 1. The summed E-state index contributed by atoms with van der Waals surface area (Å²) in [5, 5.41) is 3.61. The maximum Gasteiger partial charge on any atom is 0.0320 e. The smallest absolute Gasteiger partial charge is 0.0320 e. The fourth-order valence-corrected chi connectivity index (χ4v) is 2.64. The van der Waals surface area contributed by atoms with Gasteiger partial charge >= 0.3 is 0 Å². The highest BCUT2D eigenvalue weighted by Crippen LogP contribution is 2.21. The zero-order valence-electron chi connectivity index (χ0n) is 11.7. The Morgan fingerprint density at radius 2 is 1.67 bits per heavy atom. The van der Waals surface area contributed by atoms with Gasteiger partial charge in [-0.2, -0.15) is 0 Å². The van der Waals surface area contributed by atoms with Crippen LogP contribution in [0, 0.1) is 3.57 Å². The second-order valence-corrected chi connectivity index (χ2v) is 6.11. The van der Waals surface area contributed by atoms with Crippen LogP contribution in [0.25, 0.3) is 0 Å². The van der Waals surface area contributed by atoms with E-state index in [1.807, 2.05) is 0 Å². The maximum atomic E-state index is 3.61. The summed E-state index contributed by atoms with van der Waals surface area (Å²) in [4.78, 5) is 0. The van der Waals surface area contributed by atoms with Crippen LogP contribution >= 0.6 is 22.6 Å². The van der Waals surface area contributed by atoms with Crippen LogP contribution in [0.2, 0.25) is 0 Å². The first kappa shape index (κ1) is 16.0. The van der Waals surface area contributed by atoms with Crippen molar-refractivity contribution in [3.05, 3.63) is 33.4 Å². The van der Waals surface area contributed by atoms with Gasteiger partial charge in [-0.3, -0.25) is 0 Å². The van der Waals surface area contributed by atoms with Crippen LogP contribution in [0.3, 0.4) is 0 Å². The molecule has 0 heterocycles. The molecule has 1 nitrogen and oxygen atoms in total. The number of halogens is 1. The van der Waals surface area contributed by atoms with Crippen LogP contribution in [0.4, 0.5) is 0 Å². The summed E-state index contributed by atoms with van der Waals surface area (Å²) in [6.07, 6.45) is 8.08. The number of hydrogen-bond acceptors (Lipinski definition) is 1. The van der Waals surface area contributed by atoms with E-state index in [1.54, 1.807) is 0 Å². The maximum absolute atomic E-state index is 3.61. The fourth-order valence-electron chi connectivity index (χ4n) is 2.28. The minimum atomic E-state index is 0.536. The third-order valence-electron chi connectivity index (χ3n) is 3.32. The third kappa shape index (κ3) is 6.19. The lowest BCUT2D eigenvalue weighted by molar-refractivity contribution is 0.479. The number of nitrogens with one attached hydrogen (secondary N) is 1. The van der Waals surface area contributed by atoms with E-state index in [1.165, 1.54) is 47.7 Å². The fraction of sp³-hybridized carbons (Fsp3) is 0.625. The molecule has 0 aliphatic carbocycles. The Morgan fingerprint density at radius 3 is 2.28 bits per heavy atom. The van der Waals surface area contributed by atoms with E-state index in [0.29, 0.717) is 6.04 Å². The molecule has 0 aliphatic rings. The second-order valence-electron chi connectivity index (χ2n) is 4.86. The summed E-state index contributed by atoms with van der Waals surface area (Å²) in [5.41, 5.74) is 1.44. The SMILES string of the molecule is CCCCCCCC(NCC)c1ccc(I)cc1. The van der Waals surface area contributed by atoms with Crippen molar-refractivity contribution in [2.75, 3.05) is 6.54 Å². The summed E-state index contributed by atoms with van der Waals surface area (Å²) >= 11 is 2.36. The molecule has 1 N–H and O–H groups in total. The Morgan fingerprint density at radius 1 is 1.00 bits per heavy atom. The Bertz CT molecular complexity index is 307. The Kier molecular flexibility index (Phi) is 8.68. The van der Waals surface area contributed by atoms with Crippen molar-refractivity contribution in [2.24, 2.45) is 0 Å². The molecule has 0 bridgehead atoms. The number of unbranched alkanes of at least 4 members (excludes halogenated alkanes) is 4. The van der Waals surface area contributed by atoms with E-state index < -0.39 is 0 Å². The van der Waals surface area contributed by atoms with Crippen molar-refractivity contribution < 1.29 is 0 Å². The zero-order valence-corrected chi connectivity index (χ0v) is 13.9. The topological polar surface area (TPSA) is 12.0 Å². The predicted octanol–water partition coefficient (Wildman–Crippen LogP) is 5.30. The molecule has 1 unspecified atom stereocenters. The monoisotopic (exact) mass is 359 g/mol. The van der Waals surface area contributed by atoms with Gasteiger partial charge in [0.1, 0.15) is 0 Å². The largest absolute Gasteiger partial charge is 0.310 e. The number of hydrogen-bond donors (Lipinski definition) is 1. The molecule has 1 rings (SSSR count). The molecule has 0 spiro atoms. The summed E-state index contributed by atoms with van der Waals surface area (Å²) in [6.45, 7) is 5.51. The molecule has 0 fully saturated rings. The van der Waals surface area contributed by atoms with E-state index in [9.17, 15) is 0 Å². The molecule has 1 aromatic carbocycles. The van der Waals surface area contributed by atoms with Crippen molar-refractivity contribution >= 4 is 22.6 Å². The van der Waals surface area contributed by atoms with Crippen molar-refractivity contribution in [2.45, 2.75) is 58.4 Å². The first-order valence-corrected chi connectivity index (χ1v) is 8.34. The van der Waals surface area contributed by atoms with Crippen LogP contribution in [0.15, 0.2) is 24.3 Å². The van der Waals surface area contributed by atoms with Crippen molar-refractivity contribution in [3.8, 4) is 0 Å². The summed E-state index contributed by atoms with van der Waals surface area (Å²) < 4.78 is 1.31. The summed E-state index contributed by atoms with van der Waals surface area (Å²) in [5.74, 6) is 0. The molecular weight excluding hydrogens is 333 g/mol. The zero-order chi connectivity index (χ0) is 13.2. The van der Waals surface area contributed by atoms with Crippen LogP contribution in [-0.2, 0) is 0 Å². The quantitative estimate of drug-likeness (QED) is 0.466. The molecule has 0 radical (unpaired) electrons. The molecule has 1 atom stereocenters. The van der Waals surface area contributed by atoms with Gasteiger partial charge in [-0.05, 0) is 53.3 Å². The summed E-state index contributed by atoms with van der Waals surface area (Å²) in [6, 6.07) is 9.48. The van der Waals surface area contributed by atoms with Crippen molar-refractivity contribution in [3.63, 3.8) is 0 Å². The van der Waals surface area contributed by atoms with Crippen LogP contribution in [-0.4, -0.2) is 6.54 Å². The normalized spacial score (nSPS) is 12.6. The number of rotatable bonds is 9. The van der Waals surface area contributed by atoms with Crippen LogP contribution in [0.5, 0.6) is 0 Å². The van der Waals surface area contributed by atoms with Gasteiger partial charge in [-0.25, -0.2) is 0 Å². The van der Waals surface area contributed by atoms with E-state index in [2.05, 4.69) is 66.0 Å². The van der Waals surface area contributed by atoms with Crippen molar-refractivity contribution in [1.82, 2.24) is 5.32 Å². The molecule has 2 heteroatoms. The predicted molar refractivity (Wildman–Crippen MR) is 89.0 cm³/mol. The van der Waals surface area contributed by atoms with Gasteiger partial charge in [0, 0.05) is 9.61 Å². The Hall–Kier alpha value is -0.0900.